The third-order valence-electron chi connectivity index (χ3n) is 2.73. The van der Waals surface area contributed by atoms with E-state index in [1.54, 1.807) is 18.3 Å². The van der Waals surface area contributed by atoms with Gasteiger partial charge in [-0.2, -0.15) is 11.3 Å². The molecule has 100 valence electrons. The second kappa shape index (κ2) is 7.00. The highest BCUT2D eigenvalue weighted by atomic mass is 32.1. The van der Waals surface area contributed by atoms with Crippen LogP contribution < -0.4 is 5.32 Å². The molecule has 1 heterocycles. The molecule has 0 spiro atoms. The molecular formula is C12H18N2O3S. The number of carbonyl (C=O) groups excluding carboxylic acids is 1. The van der Waals surface area contributed by atoms with Crippen LogP contribution in [0, 0.1) is 0 Å². The van der Waals surface area contributed by atoms with Crippen molar-refractivity contribution in [2.45, 2.75) is 25.8 Å². The van der Waals surface area contributed by atoms with Crippen molar-refractivity contribution < 1.29 is 14.7 Å². The van der Waals surface area contributed by atoms with Gasteiger partial charge in [0.2, 0.25) is 0 Å². The molecule has 0 saturated heterocycles. The lowest BCUT2D eigenvalue weighted by molar-refractivity contribution is -0.141. The molecule has 0 fully saturated rings. The lowest BCUT2D eigenvalue weighted by atomic mass is 10.2. The minimum atomic E-state index is -0.979. The molecule has 1 aromatic rings. The summed E-state index contributed by atoms with van der Waals surface area (Å²) in [6.07, 6.45) is 1.15. The van der Waals surface area contributed by atoms with Gasteiger partial charge in [0.25, 0.3) is 0 Å². The monoisotopic (exact) mass is 270 g/mol. The number of carbonyl (C=O) groups is 2. The third-order valence-corrected chi connectivity index (χ3v) is 3.46. The fraction of sp³-hybridized carbons (Fsp3) is 0.500. The fourth-order valence-corrected chi connectivity index (χ4v) is 2.33. The Labute approximate surface area is 110 Å². The Morgan fingerprint density at radius 3 is 2.78 bits per heavy atom. The molecule has 2 amide bonds. The van der Waals surface area contributed by atoms with E-state index in [1.165, 1.54) is 17.5 Å². The lowest BCUT2D eigenvalue weighted by Gasteiger charge is -2.23. The molecule has 0 saturated carbocycles. The first-order chi connectivity index (χ1) is 8.56. The van der Waals surface area contributed by atoms with Crippen LogP contribution in [0.2, 0.25) is 0 Å². The summed E-state index contributed by atoms with van der Waals surface area (Å²) in [5, 5.41) is 15.7. The minimum Gasteiger partial charge on any atom is -0.480 e. The number of rotatable bonds is 6. The first-order valence-corrected chi connectivity index (χ1v) is 6.75. The van der Waals surface area contributed by atoms with Gasteiger partial charge < -0.3 is 15.3 Å². The smallest absolute Gasteiger partial charge is 0.326 e. The van der Waals surface area contributed by atoms with Crippen LogP contribution in [0.1, 0.15) is 18.9 Å². The molecule has 0 radical (unpaired) electrons. The predicted molar refractivity (Wildman–Crippen MR) is 70.9 cm³/mol. The van der Waals surface area contributed by atoms with Gasteiger partial charge in [0, 0.05) is 13.6 Å². The maximum atomic E-state index is 11.7. The molecule has 0 aliphatic heterocycles. The van der Waals surface area contributed by atoms with Crippen molar-refractivity contribution >= 4 is 23.3 Å². The van der Waals surface area contributed by atoms with Crippen LogP contribution in [0.5, 0.6) is 0 Å². The fourth-order valence-electron chi connectivity index (χ4n) is 1.63. The number of carboxylic acids is 1. The summed E-state index contributed by atoms with van der Waals surface area (Å²) in [4.78, 5) is 23.9. The van der Waals surface area contributed by atoms with E-state index < -0.39 is 12.0 Å². The Kier molecular flexibility index (Phi) is 5.64. The van der Waals surface area contributed by atoms with Crippen LogP contribution in [0.4, 0.5) is 4.79 Å². The molecular weight excluding hydrogens is 252 g/mol. The Bertz CT molecular complexity index is 392. The largest absolute Gasteiger partial charge is 0.480 e. The summed E-state index contributed by atoms with van der Waals surface area (Å²) in [5.74, 6) is -0.979. The zero-order chi connectivity index (χ0) is 13.5. The molecule has 0 bridgehead atoms. The quantitative estimate of drug-likeness (QED) is 0.828. The van der Waals surface area contributed by atoms with E-state index in [9.17, 15) is 9.59 Å². The molecule has 1 rings (SSSR count). The van der Waals surface area contributed by atoms with Gasteiger partial charge in [0.05, 0.1) is 0 Å². The second-order valence-electron chi connectivity index (χ2n) is 3.99. The van der Waals surface area contributed by atoms with E-state index in [0.717, 1.165) is 6.42 Å². The van der Waals surface area contributed by atoms with Crippen molar-refractivity contribution in [3.63, 3.8) is 0 Å². The number of urea groups is 1. The number of aliphatic carboxylic acids is 1. The molecule has 2 N–H and O–H groups in total. The molecule has 0 aliphatic rings. The van der Waals surface area contributed by atoms with Crippen LogP contribution in [-0.4, -0.2) is 41.6 Å². The maximum Gasteiger partial charge on any atom is 0.326 e. The zero-order valence-corrected chi connectivity index (χ0v) is 11.4. The van der Waals surface area contributed by atoms with E-state index >= 15 is 0 Å². The van der Waals surface area contributed by atoms with Crippen molar-refractivity contribution in [3.8, 4) is 0 Å². The van der Waals surface area contributed by atoms with Crippen molar-refractivity contribution in [3.05, 3.63) is 22.4 Å². The van der Waals surface area contributed by atoms with Crippen molar-refractivity contribution in [2.75, 3.05) is 13.6 Å². The van der Waals surface area contributed by atoms with Crippen LogP contribution in [0.15, 0.2) is 16.8 Å². The minimum absolute atomic E-state index is 0.348. The van der Waals surface area contributed by atoms with Crippen molar-refractivity contribution in [1.82, 2.24) is 10.2 Å². The highest BCUT2D eigenvalue weighted by Crippen LogP contribution is 2.06. The summed E-state index contributed by atoms with van der Waals surface area (Å²) < 4.78 is 0. The molecule has 0 aromatic carbocycles. The average Bonchev–Trinajstić information content (AvgIpc) is 2.82. The second-order valence-corrected chi connectivity index (χ2v) is 4.77. The SMILES string of the molecule is CCC(C(=O)O)N(C)C(=O)NCCc1ccsc1. The lowest BCUT2D eigenvalue weighted by Crippen LogP contribution is -2.47. The number of hydrogen-bond acceptors (Lipinski definition) is 3. The average molecular weight is 270 g/mol. The Morgan fingerprint density at radius 1 is 1.56 bits per heavy atom. The number of thiophene rings is 1. The number of nitrogens with zero attached hydrogens (tertiary/aromatic N) is 1. The number of likely N-dealkylation sites (N-methyl/N-ethyl adjacent to an activating group) is 1. The number of hydrogen-bond donors (Lipinski definition) is 2. The van der Waals surface area contributed by atoms with E-state index in [0.29, 0.717) is 13.0 Å². The van der Waals surface area contributed by atoms with Gasteiger partial charge in [-0.05, 0) is 35.2 Å². The van der Waals surface area contributed by atoms with E-state index in [-0.39, 0.29) is 6.03 Å². The molecule has 5 nitrogen and oxygen atoms in total. The number of nitrogens with one attached hydrogen (secondary N) is 1. The summed E-state index contributed by atoms with van der Waals surface area (Å²) in [5.41, 5.74) is 1.17. The molecule has 1 atom stereocenters. The van der Waals surface area contributed by atoms with Gasteiger partial charge in [-0.3, -0.25) is 0 Å². The summed E-state index contributed by atoms with van der Waals surface area (Å²) >= 11 is 1.62. The van der Waals surface area contributed by atoms with E-state index in [2.05, 4.69) is 5.32 Å². The third kappa shape index (κ3) is 4.03. The summed E-state index contributed by atoms with van der Waals surface area (Å²) in [6, 6.07) is 0.887. The van der Waals surface area contributed by atoms with Gasteiger partial charge >= 0.3 is 12.0 Å². The first kappa shape index (κ1) is 14.5. The van der Waals surface area contributed by atoms with Crippen LogP contribution in [0.3, 0.4) is 0 Å². The summed E-state index contributed by atoms with van der Waals surface area (Å²) in [6.45, 7) is 2.25. The molecule has 6 heteroatoms. The maximum absolute atomic E-state index is 11.7. The standard InChI is InChI=1S/C12H18N2O3S/c1-3-10(11(15)16)14(2)12(17)13-6-4-9-5-7-18-8-9/h5,7-8,10H,3-4,6H2,1-2H3,(H,13,17)(H,15,16). The van der Waals surface area contributed by atoms with Gasteiger partial charge in [-0.25, -0.2) is 9.59 Å². The van der Waals surface area contributed by atoms with Gasteiger partial charge in [0.1, 0.15) is 6.04 Å². The van der Waals surface area contributed by atoms with Gasteiger partial charge in [0.15, 0.2) is 0 Å². The number of carboxylic acid groups (broad SMARTS) is 1. The summed E-state index contributed by atoms with van der Waals surface area (Å²) in [7, 11) is 1.50. The predicted octanol–water partition coefficient (Wildman–Crippen LogP) is 1.80. The van der Waals surface area contributed by atoms with E-state index in [1.807, 2.05) is 16.8 Å². The van der Waals surface area contributed by atoms with Gasteiger partial charge in [-0.15, -0.1) is 0 Å². The first-order valence-electron chi connectivity index (χ1n) is 5.80. The van der Waals surface area contributed by atoms with Crippen LogP contribution in [0.25, 0.3) is 0 Å². The topological polar surface area (TPSA) is 69.6 Å². The molecule has 1 aromatic heterocycles. The highest BCUT2D eigenvalue weighted by Gasteiger charge is 2.24. The molecule has 0 aliphatic carbocycles. The Hall–Kier alpha value is -1.56. The molecule has 18 heavy (non-hydrogen) atoms. The highest BCUT2D eigenvalue weighted by molar-refractivity contribution is 7.07. The van der Waals surface area contributed by atoms with Crippen LogP contribution in [-0.2, 0) is 11.2 Å². The Morgan fingerprint density at radius 2 is 2.28 bits per heavy atom. The van der Waals surface area contributed by atoms with Crippen molar-refractivity contribution in [2.24, 2.45) is 0 Å². The van der Waals surface area contributed by atoms with Crippen LogP contribution >= 0.6 is 11.3 Å². The Balaban J connectivity index is 2.37. The normalized spacial score (nSPS) is 11.9. The van der Waals surface area contributed by atoms with Gasteiger partial charge in [-0.1, -0.05) is 6.92 Å². The molecule has 1 unspecified atom stereocenters. The number of amides is 2. The van der Waals surface area contributed by atoms with E-state index in [4.69, 9.17) is 5.11 Å². The zero-order valence-electron chi connectivity index (χ0n) is 10.5. The van der Waals surface area contributed by atoms with Crippen molar-refractivity contribution in [1.29, 1.82) is 0 Å².